The van der Waals surface area contributed by atoms with Gasteiger partial charge in [0.05, 0.1) is 27.2 Å². The van der Waals surface area contributed by atoms with Crippen LogP contribution in [0.15, 0.2) is 12.1 Å². The Balaban J connectivity index is 0.00000840. The minimum absolute atomic E-state index is 0. The van der Waals surface area contributed by atoms with Gasteiger partial charge in [0.15, 0.2) is 0 Å². The van der Waals surface area contributed by atoms with Gasteiger partial charge in [0.1, 0.15) is 23.0 Å². The molecule has 41 heavy (non-hydrogen) atoms. The second-order valence-electron chi connectivity index (χ2n) is 12.1. The van der Waals surface area contributed by atoms with E-state index in [0.717, 1.165) is 31.4 Å². The number of unbranched alkanes of at least 4 members (excludes halogenated alkanes) is 11. The highest BCUT2D eigenvalue weighted by Gasteiger charge is 2.29. The van der Waals surface area contributed by atoms with E-state index < -0.39 is 0 Å². The van der Waals surface area contributed by atoms with Crippen LogP contribution in [0.5, 0.6) is 17.2 Å². The van der Waals surface area contributed by atoms with Crippen molar-refractivity contribution in [1.82, 2.24) is 4.90 Å². The molecule has 3 unspecified atom stereocenters. The molecule has 1 aromatic carbocycles. The van der Waals surface area contributed by atoms with Crippen LogP contribution in [-0.2, 0) is 4.79 Å². The van der Waals surface area contributed by atoms with Gasteiger partial charge in [-0.3, -0.25) is 9.69 Å². The molecule has 0 aromatic heterocycles. The Morgan fingerprint density at radius 3 is 1.73 bits per heavy atom. The van der Waals surface area contributed by atoms with Crippen LogP contribution in [0.4, 0.5) is 0 Å². The van der Waals surface area contributed by atoms with Crippen LogP contribution >= 0.6 is 12.4 Å². The van der Waals surface area contributed by atoms with Crippen LogP contribution < -0.4 is 14.2 Å². The van der Waals surface area contributed by atoms with E-state index in [1.807, 2.05) is 12.1 Å². The number of carbonyl (C=O) groups is 1. The van der Waals surface area contributed by atoms with Gasteiger partial charge < -0.3 is 14.2 Å². The van der Waals surface area contributed by atoms with Crippen LogP contribution in [0.3, 0.4) is 0 Å². The maximum atomic E-state index is 13.8. The molecule has 2 rings (SSSR count). The number of benzene rings is 1. The number of methoxy groups -OCH3 is 3. The molecule has 1 heterocycles. The Bertz CT molecular complexity index is 797. The lowest BCUT2D eigenvalue weighted by Crippen LogP contribution is -2.44. The zero-order valence-electron chi connectivity index (χ0n) is 27.3. The van der Waals surface area contributed by atoms with Crippen LogP contribution in [0.25, 0.3) is 0 Å². The molecule has 6 heteroatoms. The van der Waals surface area contributed by atoms with Gasteiger partial charge in [0.2, 0.25) is 0 Å². The Labute approximate surface area is 258 Å². The second kappa shape index (κ2) is 22.1. The van der Waals surface area contributed by atoms with Gasteiger partial charge in [-0.2, -0.15) is 0 Å². The van der Waals surface area contributed by atoms with Gasteiger partial charge >= 0.3 is 0 Å². The summed E-state index contributed by atoms with van der Waals surface area (Å²) >= 11 is 0. The zero-order valence-corrected chi connectivity index (χ0v) is 28.1. The molecule has 0 aliphatic carbocycles. The molecule has 1 aliphatic heterocycles. The van der Waals surface area contributed by atoms with E-state index in [1.165, 1.54) is 89.9 Å². The number of piperidine rings is 1. The first kappa shape index (κ1) is 37.6. The van der Waals surface area contributed by atoms with E-state index in [4.69, 9.17) is 14.2 Å². The van der Waals surface area contributed by atoms with Gasteiger partial charge in [-0.05, 0) is 46.1 Å². The molecule has 1 aliphatic rings. The third-order valence-corrected chi connectivity index (χ3v) is 9.05. The standard InChI is InChI=1S/C35H61NO4.ClH/c1-7-8-9-10-11-12-13-14-15-16-17-18-23-31(35-33(39-5)26-30(38-4)27-34(35)40-6)32(37)24-20-25-36-28(2)21-19-22-29(36)3;/h26-29,31H,7-25H2,1-6H3;1H. The van der Waals surface area contributed by atoms with Gasteiger partial charge in [-0.1, -0.05) is 90.4 Å². The summed E-state index contributed by atoms with van der Waals surface area (Å²) in [7, 11) is 4.98. The van der Waals surface area contributed by atoms with E-state index in [2.05, 4.69) is 25.7 Å². The average molecular weight is 596 g/mol. The van der Waals surface area contributed by atoms with Crippen molar-refractivity contribution in [3.63, 3.8) is 0 Å². The van der Waals surface area contributed by atoms with Gasteiger partial charge in [0.25, 0.3) is 0 Å². The SMILES string of the molecule is CCCCCCCCCCCCCCC(C(=O)CCCN1C(C)CCCC1C)c1c(OC)cc(OC)cc1OC.Cl. The minimum atomic E-state index is -0.213. The maximum Gasteiger partial charge on any atom is 0.140 e. The van der Waals surface area contributed by atoms with Crippen LogP contribution in [0, 0.1) is 0 Å². The predicted molar refractivity (Wildman–Crippen MR) is 176 cm³/mol. The van der Waals surface area contributed by atoms with Crippen molar-refractivity contribution in [2.24, 2.45) is 0 Å². The van der Waals surface area contributed by atoms with Gasteiger partial charge in [-0.15, -0.1) is 12.4 Å². The molecular weight excluding hydrogens is 534 g/mol. The lowest BCUT2D eigenvalue weighted by Gasteiger charge is -2.39. The Morgan fingerprint density at radius 2 is 1.27 bits per heavy atom. The fourth-order valence-electron chi connectivity index (χ4n) is 6.56. The Morgan fingerprint density at radius 1 is 0.780 bits per heavy atom. The number of nitrogens with zero attached hydrogens (tertiary/aromatic N) is 1. The largest absolute Gasteiger partial charge is 0.496 e. The van der Waals surface area contributed by atoms with Crippen molar-refractivity contribution in [2.75, 3.05) is 27.9 Å². The van der Waals surface area contributed by atoms with Gasteiger partial charge in [-0.25, -0.2) is 0 Å². The zero-order chi connectivity index (χ0) is 29.2. The summed E-state index contributed by atoms with van der Waals surface area (Å²) in [4.78, 5) is 16.4. The van der Waals surface area contributed by atoms with Crippen molar-refractivity contribution in [3.05, 3.63) is 17.7 Å². The van der Waals surface area contributed by atoms with Crippen LogP contribution in [-0.4, -0.2) is 50.6 Å². The van der Waals surface area contributed by atoms with Crippen molar-refractivity contribution in [3.8, 4) is 17.2 Å². The molecule has 1 saturated heterocycles. The highest BCUT2D eigenvalue weighted by Crippen LogP contribution is 2.42. The van der Waals surface area contributed by atoms with Crippen molar-refractivity contribution >= 4 is 18.2 Å². The van der Waals surface area contributed by atoms with E-state index >= 15 is 0 Å². The minimum Gasteiger partial charge on any atom is -0.496 e. The topological polar surface area (TPSA) is 48.0 Å². The first-order valence-corrected chi connectivity index (χ1v) is 16.5. The quantitative estimate of drug-likeness (QED) is 0.125. The van der Waals surface area contributed by atoms with Crippen molar-refractivity contribution in [2.45, 2.75) is 154 Å². The fourth-order valence-corrected chi connectivity index (χ4v) is 6.56. The highest BCUT2D eigenvalue weighted by atomic mass is 35.5. The molecule has 0 bridgehead atoms. The van der Waals surface area contributed by atoms with E-state index in [9.17, 15) is 4.79 Å². The number of Topliss-reactive ketones (excluding diaryl/α,β-unsaturated/α-hetero) is 1. The normalized spacial score (nSPS) is 18.0. The predicted octanol–water partition coefficient (Wildman–Crippen LogP) is 9.92. The molecule has 5 nitrogen and oxygen atoms in total. The number of rotatable bonds is 22. The smallest absolute Gasteiger partial charge is 0.140 e. The third-order valence-electron chi connectivity index (χ3n) is 9.05. The van der Waals surface area contributed by atoms with Gasteiger partial charge in [0, 0.05) is 36.2 Å². The number of likely N-dealkylation sites (tertiary alicyclic amines) is 1. The van der Waals surface area contributed by atoms with Crippen molar-refractivity contribution < 1.29 is 19.0 Å². The van der Waals surface area contributed by atoms with Crippen LogP contribution in [0.1, 0.15) is 148 Å². The molecule has 0 amide bonds. The maximum absolute atomic E-state index is 13.8. The van der Waals surface area contributed by atoms with E-state index in [-0.39, 0.29) is 18.3 Å². The lowest BCUT2D eigenvalue weighted by molar-refractivity contribution is -0.121. The summed E-state index contributed by atoms with van der Waals surface area (Å²) < 4.78 is 17.0. The first-order chi connectivity index (χ1) is 19.5. The molecule has 0 spiro atoms. The highest BCUT2D eigenvalue weighted by molar-refractivity contribution is 5.87. The molecular formula is C35H62ClNO4. The summed E-state index contributed by atoms with van der Waals surface area (Å²) in [5.41, 5.74) is 0.888. The fraction of sp³-hybridized carbons (Fsp3) is 0.800. The molecule has 1 fully saturated rings. The Kier molecular flexibility index (Phi) is 20.3. The summed E-state index contributed by atoms with van der Waals surface area (Å²) in [6.07, 6.45) is 21.9. The summed E-state index contributed by atoms with van der Waals surface area (Å²) in [5.74, 6) is 2.15. The number of ketones is 1. The average Bonchev–Trinajstić information content (AvgIpc) is 2.96. The summed E-state index contributed by atoms with van der Waals surface area (Å²) in [6, 6.07) is 4.99. The first-order valence-electron chi connectivity index (χ1n) is 16.5. The monoisotopic (exact) mass is 595 g/mol. The number of hydrogen-bond donors (Lipinski definition) is 0. The number of halogens is 1. The van der Waals surface area contributed by atoms with Crippen molar-refractivity contribution in [1.29, 1.82) is 0 Å². The molecule has 1 aromatic rings. The third kappa shape index (κ3) is 13.2. The Hall–Kier alpha value is -1.46. The molecule has 3 atom stereocenters. The molecule has 238 valence electrons. The molecule has 0 N–H and O–H groups in total. The van der Waals surface area contributed by atoms with E-state index in [0.29, 0.717) is 41.5 Å². The van der Waals surface area contributed by atoms with E-state index in [1.54, 1.807) is 21.3 Å². The number of hydrogen-bond acceptors (Lipinski definition) is 5. The summed E-state index contributed by atoms with van der Waals surface area (Å²) in [5, 5.41) is 0. The summed E-state index contributed by atoms with van der Waals surface area (Å²) in [6.45, 7) is 7.94. The number of ether oxygens (including phenoxy) is 3. The molecule has 0 saturated carbocycles. The molecule has 0 radical (unpaired) electrons. The lowest BCUT2D eigenvalue weighted by atomic mass is 9.85. The second-order valence-corrected chi connectivity index (χ2v) is 12.1. The van der Waals surface area contributed by atoms with Crippen LogP contribution in [0.2, 0.25) is 0 Å². The number of carbonyl (C=O) groups excluding carboxylic acids is 1.